The third-order valence-corrected chi connectivity index (χ3v) is 4.26. The molecule has 1 aromatic rings. The Morgan fingerprint density at radius 2 is 1.96 bits per heavy atom. The summed E-state index contributed by atoms with van der Waals surface area (Å²) in [5.74, 6) is 0.764. The predicted octanol–water partition coefficient (Wildman–Crippen LogP) is -0.334. The van der Waals surface area contributed by atoms with Gasteiger partial charge in [-0.05, 0) is 36.6 Å². The van der Waals surface area contributed by atoms with E-state index in [0.717, 1.165) is 57.3 Å². The molecule has 138 valence electrons. The molecule has 5 N–H and O–H groups in total. The maximum atomic E-state index is 5.35. The van der Waals surface area contributed by atoms with E-state index in [2.05, 4.69) is 21.5 Å². The number of morpholine rings is 1. The molecule has 1 heterocycles. The summed E-state index contributed by atoms with van der Waals surface area (Å²) in [6.07, 6.45) is 1.06. The zero-order valence-corrected chi connectivity index (χ0v) is 16.0. The number of anilines is 1. The average Bonchev–Trinajstić information content (AvgIpc) is 2.64. The highest BCUT2D eigenvalue weighted by atomic mass is 32.1. The highest BCUT2D eigenvalue weighted by Crippen LogP contribution is 2.16. The van der Waals surface area contributed by atoms with Crippen LogP contribution in [0.4, 0.5) is 5.69 Å². The van der Waals surface area contributed by atoms with E-state index in [1.165, 1.54) is 0 Å². The molecule has 7 nitrogen and oxygen atoms in total. The maximum absolute atomic E-state index is 5.35. The van der Waals surface area contributed by atoms with Crippen LogP contribution in [-0.2, 0) is 4.74 Å². The summed E-state index contributed by atoms with van der Waals surface area (Å²) in [4.78, 5) is 1.59. The SMILES string of the molecule is COc1cccc(NC(=S)NNC(=S)NCCC[NH+]2CCOCC2)c1. The standard InChI is InChI=1S/C16H25N5O2S2/c1-22-14-5-2-4-13(12-14)18-16(25)20-19-15(24)17-6-3-7-21-8-10-23-11-9-21/h2,4-5,12H,3,6-11H2,1H3,(H2,17,19,24)(H2,18,20,25)/p+1. The minimum absolute atomic E-state index is 0.426. The number of nitrogens with one attached hydrogen (secondary N) is 5. The van der Waals surface area contributed by atoms with Crippen LogP contribution in [0, 0.1) is 0 Å². The van der Waals surface area contributed by atoms with Crippen LogP contribution in [0.15, 0.2) is 24.3 Å². The van der Waals surface area contributed by atoms with Gasteiger partial charge in [-0.3, -0.25) is 10.9 Å². The van der Waals surface area contributed by atoms with Gasteiger partial charge in [-0.25, -0.2) is 0 Å². The van der Waals surface area contributed by atoms with Crippen LogP contribution in [0.25, 0.3) is 0 Å². The number of hydrogen-bond donors (Lipinski definition) is 5. The lowest BCUT2D eigenvalue weighted by atomic mass is 10.3. The van der Waals surface area contributed by atoms with Crippen molar-refractivity contribution in [3.8, 4) is 5.75 Å². The molecular weight excluding hydrogens is 358 g/mol. The van der Waals surface area contributed by atoms with Gasteiger partial charge >= 0.3 is 0 Å². The van der Waals surface area contributed by atoms with Crippen LogP contribution < -0.4 is 31.1 Å². The lowest BCUT2D eigenvalue weighted by Gasteiger charge is -2.23. The van der Waals surface area contributed by atoms with Gasteiger partial charge in [0.05, 0.1) is 26.9 Å². The van der Waals surface area contributed by atoms with Crippen LogP contribution in [0.2, 0.25) is 0 Å². The molecule has 0 amide bonds. The molecule has 25 heavy (non-hydrogen) atoms. The fourth-order valence-corrected chi connectivity index (χ4v) is 2.79. The first-order chi connectivity index (χ1) is 12.2. The van der Waals surface area contributed by atoms with E-state index in [-0.39, 0.29) is 0 Å². The summed E-state index contributed by atoms with van der Waals surface area (Å²) >= 11 is 10.5. The Kier molecular flexibility index (Phi) is 8.67. The number of methoxy groups -OCH3 is 1. The van der Waals surface area contributed by atoms with Crippen LogP contribution in [-0.4, -0.2) is 56.7 Å². The Bertz CT molecular complexity index is 567. The van der Waals surface area contributed by atoms with E-state index in [0.29, 0.717) is 10.2 Å². The molecule has 1 saturated heterocycles. The minimum Gasteiger partial charge on any atom is -0.497 e. The Hall–Kier alpha value is -1.68. The van der Waals surface area contributed by atoms with E-state index in [1.807, 2.05) is 24.3 Å². The van der Waals surface area contributed by atoms with Crippen molar-refractivity contribution in [2.24, 2.45) is 0 Å². The summed E-state index contributed by atoms with van der Waals surface area (Å²) in [5.41, 5.74) is 6.58. The molecular formula is C16H26N5O2S2+. The normalized spacial score (nSPS) is 14.4. The summed E-state index contributed by atoms with van der Waals surface area (Å²) in [7, 11) is 1.63. The molecule has 1 aliphatic rings. The molecule has 9 heteroatoms. The van der Waals surface area contributed by atoms with Crippen molar-refractivity contribution < 1.29 is 14.4 Å². The highest BCUT2D eigenvalue weighted by Gasteiger charge is 2.12. The van der Waals surface area contributed by atoms with E-state index in [4.69, 9.17) is 33.9 Å². The minimum atomic E-state index is 0.426. The van der Waals surface area contributed by atoms with Crippen LogP contribution in [0.5, 0.6) is 5.75 Å². The monoisotopic (exact) mass is 384 g/mol. The fraction of sp³-hybridized carbons (Fsp3) is 0.500. The maximum Gasteiger partial charge on any atom is 0.189 e. The second-order valence-electron chi connectivity index (χ2n) is 5.66. The van der Waals surface area contributed by atoms with Gasteiger partial charge in [-0.15, -0.1) is 0 Å². The Morgan fingerprint density at radius 3 is 2.72 bits per heavy atom. The molecule has 0 atom stereocenters. The molecule has 0 unspecified atom stereocenters. The Labute approximate surface area is 159 Å². The van der Waals surface area contributed by atoms with Gasteiger partial charge in [0.15, 0.2) is 10.2 Å². The van der Waals surface area contributed by atoms with Crippen LogP contribution in [0.3, 0.4) is 0 Å². The number of thiocarbonyl (C=S) groups is 2. The lowest BCUT2D eigenvalue weighted by Crippen LogP contribution is -3.14. The molecule has 2 rings (SSSR count). The third-order valence-electron chi connectivity index (χ3n) is 3.81. The van der Waals surface area contributed by atoms with Crippen molar-refractivity contribution in [1.29, 1.82) is 0 Å². The zero-order chi connectivity index (χ0) is 17.9. The molecule has 0 aromatic heterocycles. The first-order valence-electron chi connectivity index (χ1n) is 8.33. The van der Waals surface area contributed by atoms with Gasteiger partial charge in [-0.2, -0.15) is 0 Å². The molecule has 1 aromatic carbocycles. The number of hydrazine groups is 1. The van der Waals surface area contributed by atoms with E-state index < -0.39 is 0 Å². The topological polar surface area (TPSA) is 71.0 Å². The van der Waals surface area contributed by atoms with Crippen molar-refractivity contribution in [3.63, 3.8) is 0 Å². The number of rotatable bonds is 6. The number of quaternary nitrogens is 1. The zero-order valence-electron chi connectivity index (χ0n) is 14.4. The van der Waals surface area contributed by atoms with Crippen molar-refractivity contribution in [2.75, 3.05) is 51.8 Å². The predicted molar refractivity (Wildman–Crippen MR) is 107 cm³/mol. The Morgan fingerprint density at radius 1 is 1.20 bits per heavy atom. The highest BCUT2D eigenvalue weighted by molar-refractivity contribution is 7.80. The lowest BCUT2D eigenvalue weighted by molar-refractivity contribution is -0.908. The molecule has 0 bridgehead atoms. The largest absolute Gasteiger partial charge is 0.497 e. The van der Waals surface area contributed by atoms with Gasteiger partial charge in [0.25, 0.3) is 0 Å². The van der Waals surface area contributed by atoms with E-state index in [1.54, 1.807) is 12.0 Å². The molecule has 0 saturated carbocycles. The summed E-state index contributed by atoms with van der Waals surface area (Å²) in [6.45, 7) is 5.87. The van der Waals surface area contributed by atoms with Crippen molar-refractivity contribution in [3.05, 3.63) is 24.3 Å². The molecule has 0 spiro atoms. The molecule has 1 fully saturated rings. The molecule has 0 radical (unpaired) electrons. The van der Waals surface area contributed by atoms with Crippen LogP contribution >= 0.6 is 24.4 Å². The number of hydrogen-bond acceptors (Lipinski definition) is 4. The Balaban J connectivity index is 1.56. The van der Waals surface area contributed by atoms with Gasteiger partial charge in [0, 0.05) is 24.7 Å². The summed E-state index contributed by atoms with van der Waals surface area (Å²) in [5, 5.41) is 7.17. The second kappa shape index (κ2) is 11.0. The third kappa shape index (κ3) is 7.82. The van der Waals surface area contributed by atoms with Crippen molar-refractivity contribution in [2.45, 2.75) is 6.42 Å². The quantitative estimate of drug-likeness (QED) is 0.259. The smallest absolute Gasteiger partial charge is 0.189 e. The first-order valence-corrected chi connectivity index (χ1v) is 9.15. The van der Waals surface area contributed by atoms with Crippen molar-refractivity contribution in [1.82, 2.24) is 16.2 Å². The summed E-state index contributed by atoms with van der Waals surface area (Å²) < 4.78 is 10.5. The second-order valence-corrected chi connectivity index (χ2v) is 6.47. The molecule has 0 aliphatic carbocycles. The van der Waals surface area contributed by atoms with Gasteiger partial charge < -0.3 is 25.0 Å². The van der Waals surface area contributed by atoms with Gasteiger partial charge in [0.2, 0.25) is 0 Å². The van der Waals surface area contributed by atoms with E-state index >= 15 is 0 Å². The van der Waals surface area contributed by atoms with Gasteiger partial charge in [-0.1, -0.05) is 6.07 Å². The number of ether oxygens (including phenoxy) is 2. The molecule has 1 aliphatic heterocycles. The summed E-state index contributed by atoms with van der Waals surface area (Å²) in [6, 6.07) is 7.52. The van der Waals surface area contributed by atoms with Crippen LogP contribution in [0.1, 0.15) is 6.42 Å². The fourth-order valence-electron chi connectivity index (χ4n) is 2.47. The average molecular weight is 385 g/mol. The van der Waals surface area contributed by atoms with Gasteiger partial charge in [0.1, 0.15) is 18.8 Å². The van der Waals surface area contributed by atoms with E-state index in [9.17, 15) is 0 Å². The van der Waals surface area contributed by atoms with Crippen molar-refractivity contribution >= 4 is 40.3 Å². The first kappa shape index (κ1) is 19.6. The number of benzene rings is 1.